The van der Waals surface area contributed by atoms with E-state index in [1.54, 1.807) is 0 Å². The SMILES string of the molecule is CC(C)CCN1C(=O)N(CC(C)C)C(=O)C12CCN(Cc1cc3ccccc3[nH]1)CC2. The lowest BCUT2D eigenvalue weighted by Gasteiger charge is -2.42. The normalized spacial score (nSPS) is 19.7. The molecule has 2 aliphatic heterocycles. The van der Waals surface area contributed by atoms with Gasteiger partial charge < -0.3 is 9.88 Å². The molecule has 0 saturated carbocycles. The number of para-hydroxylation sites is 1. The van der Waals surface area contributed by atoms with Crippen LogP contribution in [0.5, 0.6) is 0 Å². The third kappa shape index (κ3) is 4.22. The standard InChI is InChI=1S/C25H36N4O2/c1-18(2)9-12-29-24(31)28(16-19(3)4)23(30)25(29)10-13-27(14-11-25)17-21-15-20-7-5-6-8-22(20)26-21/h5-8,15,18-19,26H,9-14,16-17H2,1-4H3. The van der Waals surface area contributed by atoms with Crippen LogP contribution in [-0.4, -0.2) is 63.3 Å². The van der Waals surface area contributed by atoms with Crippen molar-refractivity contribution >= 4 is 22.8 Å². The second-order valence-corrected chi connectivity index (χ2v) is 10.1. The van der Waals surface area contributed by atoms with Crippen molar-refractivity contribution in [3.8, 4) is 0 Å². The van der Waals surface area contributed by atoms with Crippen molar-refractivity contribution < 1.29 is 9.59 Å². The zero-order chi connectivity index (χ0) is 22.2. The van der Waals surface area contributed by atoms with Gasteiger partial charge in [0.25, 0.3) is 5.91 Å². The van der Waals surface area contributed by atoms with E-state index in [0.717, 1.165) is 31.6 Å². The molecule has 3 amide bonds. The summed E-state index contributed by atoms with van der Waals surface area (Å²) in [6.45, 7) is 12.1. The van der Waals surface area contributed by atoms with Crippen LogP contribution < -0.4 is 0 Å². The van der Waals surface area contributed by atoms with E-state index in [0.29, 0.717) is 31.8 Å². The van der Waals surface area contributed by atoms with Crippen molar-refractivity contribution in [2.24, 2.45) is 11.8 Å². The van der Waals surface area contributed by atoms with Gasteiger partial charge in [0.05, 0.1) is 0 Å². The number of piperidine rings is 1. The number of aromatic nitrogens is 1. The lowest BCUT2D eigenvalue weighted by atomic mass is 9.85. The summed E-state index contributed by atoms with van der Waals surface area (Å²) in [7, 11) is 0. The Morgan fingerprint density at radius 1 is 1.03 bits per heavy atom. The number of nitrogens with zero attached hydrogens (tertiary/aromatic N) is 3. The Kier molecular flexibility index (Phi) is 6.11. The molecule has 0 bridgehead atoms. The van der Waals surface area contributed by atoms with Gasteiger partial charge in [0.15, 0.2) is 0 Å². The molecule has 168 valence electrons. The van der Waals surface area contributed by atoms with Crippen LogP contribution in [0.3, 0.4) is 0 Å². The Bertz CT molecular complexity index is 907. The van der Waals surface area contributed by atoms with Crippen molar-refractivity contribution in [3.63, 3.8) is 0 Å². The number of H-pyrrole nitrogens is 1. The highest BCUT2D eigenvalue weighted by Gasteiger charge is 2.57. The largest absolute Gasteiger partial charge is 0.357 e. The van der Waals surface area contributed by atoms with E-state index in [9.17, 15) is 9.59 Å². The van der Waals surface area contributed by atoms with E-state index >= 15 is 0 Å². The zero-order valence-corrected chi connectivity index (χ0v) is 19.4. The topological polar surface area (TPSA) is 59.7 Å². The van der Waals surface area contributed by atoms with Crippen molar-refractivity contribution in [2.45, 2.75) is 59.0 Å². The van der Waals surface area contributed by atoms with Crippen LogP contribution in [0.15, 0.2) is 30.3 Å². The molecule has 1 spiro atoms. The first-order chi connectivity index (χ1) is 14.8. The molecule has 2 saturated heterocycles. The fraction of sp³-hybridized carbons (Fsp3) is 0.600. The summed E-state index contributed by atoms with van der Waals surface area (Å²) in [5, 5.41) is 1.23. The average molecular weight is 425 g/mol. The predicted octanol–water partition coefficient (Wildman–Crippen LogP) is 4.47. The number of hydrogen-bond donors (Lipinski definition) is 1. The summed E-state index contributed by atoms with van der Waals surface area (Å²) in [5.41, 5.74) is 1.70. The molecule has 31 heavy (non-hydrogen) atoms. The maximum Gasteiger partial charge on any atom is 0.327 e. The Hall–Kier alpha value is -2.34. The van der Waals surface area contributed by atoms with Gasteiger partial charge >= 0.3 is 6.03 Å². The molecule has 2 fully saturated rings. The molecule has 3 heterocycles. The number of imide groups is 1. The summed E-state index contributed by atoms with van der Waals surface area (Å²) in [5.74, 6) is 0.804. The highest BCUT2D eigenvalue weighted by molar-refractivity contribution is 6.07. The van der Waals surface area contributed by atoms with Gasteiger partial charge in [-0.3, -0.25) is 14.6 Å². The lowest BCUT2D eigenvalue weighted by Crippen LogP contribution is -2.56. The third-order valence-electron chi connectivity index (χ3n) is 6.76. The van der Waals surface area contributed by atoms with Crippen LogP contribution in [0.4, 0.5) is 4.79 Å². The number of rotatable bonds is 7. The molecular formula is C25H36N4O2. The number of likely N-dealkylation sites (tertiary alicyclic amines) is 1. The first-order valence-electron chi connectivity index (χ1n) is 11.7. The minimum Gasteiger partial charge on any atom is -0.357 e. The molecule has 2 aliphatic rings. The van der Waals surface area contributed by atoms with Crippen molar-refractivity contribution in [3.05, 3.63) is 36.0 Å². The fourth-order valence-electron chi connectivity index (χ4n) is 5.03. The Morgan fingerprint density at radius 3 is 2.39 bits per heavy atom. The first-order valence-corrected chi connectivity index (χ1v) is 11.7. The predicted molar refractivity (Wildman–Crippen MR) is 124 cm³/mol. The Morgan fingerprint density at radius 2 is 1.74 bits per heavy atom. The molecular weight excluding hydrogens is 388 g/mol. The lowest BCUT2D eigenvalue weighted by molar-refractivity contribution is -0.136. The van der Waals surface area contributed by atoms with Crippen molar-refractivity contribution in [2.75, 3.05) is 26.2 Å². The van der Waals surface area contributed by atoms with Crippen molar-refractivity contribution in [1.82, 2.24) is 19.7 Å². The maximum atomic E-state index is 13.5. The molecule has 6 heteroatoms. The monoisotopic (exact) mass is 424 g/mol. The average Bonchev–Trinajstić information content (AvgIpc) is 3.21. The summed E-state index contributed by atoms with van der Waals surface area (Å²) >= 11 is 0. The van der Waals surface area contributed by atoms with Gasteiger partial charge in [0, 0.05) is 43.9 Å². The molecule has 1 aromatic carbocycles. The molecule has 1 aromatic heterocycles. The van der Waals surface area contributed by atoms with Crippen LogP contribution in [0.25, 0.3) is 10.9 Å². The number of hydrogen-bond acceptors (Lipinski definition) is 3. The van der Waals surface area contributed by atoms with Crippen LogP contribution in [0, 0.1) is 11.8 Å². The number of aromatic amines is 1. The van der Waals surface area contributed by atoms with Gasteiger partial charge in [-0.15, -0.1) is 0 Å². The zero-order valence-electron chi connectivity index (χ0n) is 19.4. The molecule has 0 atom stereocenters. The second kappa shape index (κ2) is 8.65. The van der Waals surface area contributed by atoms with E-state index in [1.807, 2.05) is 11.0 Å². The number of carbonyl (C=O) groups is 2. The molecule has 1 N–H and O–H groups in total. The molecule has 0 aliphatic carbocycles. The number of urea groups is 1. The first kappa shape index (κ1) is 21.9. The van der Waals surface area contributed by atoms with E-state index in [2.05, 4.69) is 61.8 Å². The van der Waals surface area contributed by atoms with E-state index in [1.165, 1.54) is 16.0 Å². The maximum absolute atomic E-state index is 13.5. The number of benzene rings is 1. The molecule has 4 rings (SSSR count). The van der Waals surface area contributed by atoms with Gasteiger partial charge in [0.1, 0.15) is 5.54 Å². The Labute approximate surface area is 185 Å². The minimum atomic E-state index is -0.655. The van der Waals surface area contributed by atoms with Crippen molar-refractivity contribution in [1.29, 1.82) is 0 Å². The summed E-state index contributed by atoms with van der Waals surface area (Å²) in [4.78, 5) is 36.1. The summed E-state index contributed by atoms with van der Waals surface area (Å²) in [6, 6.07) is 10.5. The number of amides is 3. The fourth-order valence-corrected chi connectivity index (χ4v) is 5.03. The van der Waals surface area contributed by atoms with Crippen LogP contribution in [0.2, 0.25) is 0 Å². The molecule has 0 unspecified atom stereocenters. The number of fused-ring (bicyclic) bond motifs is 1. The smallest absolute Gasteiger partial charge is 0.327 e. The summed E-state index contributed by atoms with van der Waals surface area (Å²) in [6.07, 6.45) is 2.35. The Balaban J connectivity index is 1.48. The van der Waals surface area contributed by atoms with E-state index in [4.69, 9.17) is 0 Å². The van der Waals surface area contributed by atoms with Gasteiger partial charge in [-0.1, -0.05) is 45.9 Å². The van der Waals surface area contributed by atoms with Gasteiger partial charge in [-0.25, -0.2) is 4.79 Å². The van der Waals surface area contributed by atoms with Gasteiger partial charge in [-0.05, 0) is 48.6 Å². The molecule has 2 aromatic rings. The third-order valence-corrected chi connectivity index (χ3v) is 6.76. The molecule has 6 nitrogen and oxygen atoms in total. The van der Waals surface area contributed by atoms with Gasteiger partial charge in [0.2, 0.25) is 0 Å². The highest BCUT2D eigenvalue weighted by Crippen LogP contribution is 2.38. The van der Waals surface area contributed by atoms with Gasteiger partial charge in [-0.2, -0.15) is 0 Å². The van der Waals surface area contributed by atoms with E-state index in [-0.39, 0.29) is 17.9 Å². The quantitative estimate of drug-likeness (QED) is 0.667. The van der Waals surface area contributed by atoms with E-state index < -0.39 is 5.54 Å². The van der Waals surface area contributed by atoms with Crippen LogP contribution in [0.1, 0.15) is 52.7 Å². The van der Waals surface area contributed by atoms with Crippen LogP contribution >= 0.6 is 0 Å². The highest BCUT2D eigenvalue weighted by atomic mass is 16.2. The molecule has 0 radical (unpaired) electrons. The minimum absolute atomic E-state index is 0.0280. The number of carbonyl (C=O) groups excluding carboxylic acids is 2. The second-order valence-electron chi connectivity index (χ2n) is 10.1. The summed E-state index contributed by atoms with van der Waals surface area (Å²) < 4.78 is 0. The van der Waals surface area contributed by atoms with Crippen LogP contribution in [-0.2, 0) is 11.3 Å². The number of nitrogens with one attached hydrogen (secondary N) is 1.